The van der Waals surface area contributed by atoms with Crippen molar-refractivity contribution in [3.8, 4) is 0 Å². The second-order valence-electron chi connectivity index (χ2n) is 7.33. The second-order valence-corrected chi connectivity index (χ2v) is 7.33. The highest BCUT2D eigenvalue weighted by Gasteiger charge is 2.44. The van der Waals surface area contributed by atoms with Gasteiger partial charge in [-0.1, -0.05) is 78.4 Å². The monoisotopic (exact) mass is 327 g/mol. The van der Waals surface area contributed by atoms with E-state index < -0.39 is 0 Å². The molecule has 3 aromatic rings. The van der Waals surface area contributed by atoms with Crippen molar-refractivity contribution in [2.24, 2.45) is 0 Å². The molecule has 0 amide bonds. The summed E-state index contributed by atoms with van der Waals surface area (Å²) < 4.78 is 0. The molecule has 0 radical (unpaired) electrons. The van der Waals surface area contributed by atoms with Crippen molar-refractivity contribution in [1.82, 2.24) is 0 Å². The van der Waals surface area contributed by atoms with Crippen molar-refractivity contribution in [3.63, 3.8) is 0 Å². The Bertz CT molecular complexity index is 781. The molecule has 0 aliphatic carbocycles. The first-order valence-corrected chi connectivity index (χ1v) is 9.13. The summed E-state index contributed by atoms with van der Waals surface area (Å²) in [7, 11) is 0. The molecule has 1 aliphatic heterocycles. The van der Waals surface area contributed by atoms with E-state index in [1.165, 1.54) is 22.4 Å². The minimum atomic E-state index is 0.0484. The minimum Gasteiger partial charge on any atom is -0.368 e. The zero-order chi connectivity index (χ0) is 17.3. The molecule has 126 valence electrons. The van der Waals surface area contributed by atoms with E-state index in [1.54, 1.807) is 0 Å². The van der Waals surface area contributed by atoms with Crippen LogP contribution >= 0.6 is 0 Å². The molecule has 25 heavy (non-hydrogen) atoms. The van der Waals surface area contributed by atoms with Gasteiger partial charge in [0.2, 0.25) is 0 Å². The number of nitrogens with zero attached hydrogens (tertiary/aromatic N) is 1. The summed E-state index contributed by atoms with van der Waals surface area (Å²) in [6, 6.07) is 31.5. The van der Waals surface area contributed by atoms with Crippen molar-refractivity contribution >= 4 is 5.69 Å². The van der Waals surface area contributed by atoms with Gasteiger partial charge in [-0.15, -0.1) is 0 Å². The van der Waals surface area contributed by atoms with Gasteiger partial charge in [-0.25, -0.2) is 0 Å². The van der Waals surface area contributed by atoms with E-state index in [-0.39, 0.29) is 5.41 Å². The van der Waals surface area contributed by atoms with Gasteiger partial charge in [0.1, 0.15) is 0 Å². The maximum Gasteiger partial charge on any atom is 0.0397 e. The van der Waals surface area contributed by atoms with Gasteiger partial charge in [-0.3, -0.25) is 0 Å². The molecule has 3 aromatic carbocycles. The number of benzene rings is 3. The first-order chi connectivity index (χ1) is 12.2. The van der Waals surface area contributed by atoms with E-state index in [0.29, 0.717) is 6.04 Å². The van der Waals surface area contributed by atoms with E-state index in [2.05, 4.69) is 104 Å². The average molecular weight is 327 g/mol. The molecule has 1 nitrogen and oxygen atoms in total. The zero-order valence-corrected chi connectivity index (χ0v) is 15.0. The summed E-state index contributed by atoms with van der Waals surface area (Å²) in [5, 5.41) is 0. The lowest BCUT2D eigenvalue weighted by molar-refractivity contribution is 0.555. The van der Waals surface area contributed by atoms with E-state index in [4.69, 9.17) is 0 Å². The highest BCUT2D eigenvalue weighted by Crippen LogP contribution is 2.45. The summed E-state index contributed by atoms with van der Waals surface area (Å²) in [6.07, 6.45) is 1.13. The van der Waals surface area contributed by atoms with Crippen LogP contribution in [-0.2, 0) is 5.41 Å². The topological polar surface area (TPSA) is 3.24 Å². The minimum absolute atomic E-state index is 0.0484. The molecule has 1 heterocycles. The van der Waals surface area contributed by atoms with Crippen molar-refractivity contribution in [2.45, 2.75) is 31.7 Å². The van der Waals surface area contributed by atoms with Crippen LogP contribution in [0.3, 0.4) is 0 Å². The maximum absolute atomic E-state index is 2.57. The van der Waals surface area contributed by atoms with Crippen LogP contribution in [0, 0.1) is 6.92 Å². The van der Waals surface area contributed by atoms with Crippen LogP contribution in [-0.4, -0.2) is 12.6 Å². The fourth-order valence-electron chi connectivity index (χ4n) is 4.31. The van der Waals surface area contributed by atoms with Gasteiger partial charge in [-0.05, 0) is 43.5 Å². The summed E-state index contributed by atoms with van der Waals surface area (Å²) >= 11 is 0. The third-order valence-electron chi connectivity index (χ3n) is 5.63. The fraction of sp³-hybridized carbons (Fsp3) is 0.250. The number of aryl methyl sites for hydroxylation is 1. The first kappa shape index (κ1) is 16.0. The molecule has 1 aliphatic rings. The third kappa shape index (κ3) is 2.84. The number of anilines is 1. The highest BCUT2D eigenvalue weighted by molar-refractivity contribution is 5.54. The SMILES string of the molecule is Cc1ccc(N2CC(c3ccccc3)(c3ccccc3)CC2C)cc1. The molecule has 1 heteroatoms. The molecule has 1 atom stereocenters. The Balaban J connectivity index is 1.79. The van der Waals surface area contributed by atoms with Crippen LogP contribution in [0.15, 0.2) is 84.9 Å². The van der Waals surface area contributed by atoms with Gasteiger partial charge in [0.15, 0.2) is 0 Å². The standard InChI is InChI=1S/C24H25N/c1-19-13-15-23(16-14-19)25-18-24(17-20(25)2,21-9-5-3-6-10-21)22-11-7-4-8-12-22/h3-16,20H,17-18H2,1-2H3. The van der Waals surface area contributed by atoms with Crippen LogP contribution in [0.4, 0.5) is 5.69 Å². The van der Waals surface area contributed by atoms with E-state index in [9.17, 15) is 0 Å². The summed E-state index contributed by atoms with van der Waals surface area (Å²) in [4.78, 5) is 2.57. The van der Waals surface area contributed by atoms with Gasteiger partial charge in [0, 0.05) is 23.7 Å². The molecule has 0 saturated carbocycles. The first-order valence-electron chi connectivity index (χ1n) is 9.13. The van der Waals surface area contributed by atoms with Crippen molar-refractivity contribution in [1.29, 1.82) is 0 Å². The molecule has 4 rings (SSSR count). The largest absolute Gasteiger partial charge is 0.368 e. The molecule has 0 bridgehead atoms. The molecule has 0 N–H and O–H groups in total. The van der Waals surface area contributed by atoms with E-state index in [0.717, 1.165) is 13.0 Å². The van der Waals surface area contributed by atoms with Crippen molar-refractivity contribution in [3.05, 3.63) is 102 Å². The second kappa shape index (κ2) is 6.40. The van der Waals surface area contributed by atoms with Gasteiger partial charge in [0.25, 0.3) is 0 Å². The fourth-order valence-corrected chi connectivity index (χ4v) is 4.31. The van der Waals surface area contributed by atoms with Gasteiger partial charge in [0.05, 0.1) is 0 Å². The zero-order valence-electron chi connectivity index (χ0n) is 15.0. The highest BCUT2D eigenvalue weighted by atomic mass is 15.2. The van der Waals surface area contributed by atoms with Gasteiger partial charge < -0.3 is 4.90 Å². The van der Waals surface area contributed by atoms with Crippen LogP contribution < -0.4 is 4.90 Å². The van der Waals surface area contributed by atoms with Crippen LogP contribution in [0.1, 0.15) is 30.0 Å². The quantitative estimate of drug-likeness (QED) is 0.607. The molecule has 0 spiro atoms. The Hall–Kier alpha value is -2.54. The van der Waals surface area contributed by atoms with Crippen LogP contribution in [0.2, 0.25) is 0 Å². The Morgan fingerprint density at radius 1 is 0.760 bits per heavy atom. The molecule has 1 unspecified atom stereocenters. The van der Waals surface area contributed by atoms with Gasteiger partial charge >= 0.3 is 0 Å². The third-order valence-corrected chi connectivity index (χ3v) is 5.63. The number of hydrogen-bond acceptors (Lipinski definition) is 1. The Labute approximate surface area is 150 Å². The summed E-state index contributed by atoms with van der Waals surface area (Å²) in [6.45, 7) is 5.52. The average Bonchev–Trinajstić information content (AvgIpc) is 3.02. The molecular weight excluding hydrogens is 302 g/mol. The normalized spacial score (nSPS) is 19.1. The predicted molar refractivity (Wildman–Crippen MR) is 106 cm³/mol. The molecule has 1 fully saturated rings. The van der Waals surface area contributed by atoms with Crippen LogP contribution in [0.5, 0.6) is 0 Å². The van der Waals surface area contributed by atoms with Gasteiger partial charge in [-0.2, -0.15) is 0 Å². The molecule has 1 saturated heterocycles. The predicted octanol–water partition coefficient (Wildman–Crippen LogP) is 5.58. The molecular formula is C24H25N. The smallest absolute Gasteiger partial charge is 0.0397 e. The number of hydrogen-bond donors (Lipinski definition) is 0. The summed E-state index contributed by atoms with van der Waals surface area (Å²) in [5.41, 5.74) is 5.53. The Kier molecular flexibility index (Phi) is 4.09. The lowest BCUT2D eigenvalue weighted by Crippen LogP contribution is -2.33. The van der Waals surface area contributed by atoms with E-state index >= 15 is 0 Å². The van der Waals surface area contributed by atoms with E-state index in [1.807, 2.05) is 0 Å². The van der Waals surface area contributed by atoms with Crippen molar-refractivity contribution in [2.75, 3.05) is 11.4 Å². The lowest BCUT2D eigenvalue weighted by atomic mass is 9.73. The van der Waals surface area contributed by atoms with Crippen LogP contribution in [0.25, 0.3) is 0 Å². The Morgan fingerprint density at radius 2 is 1.28 bits per heavy atom. The number of rotatable bonds is 3. The van der Waals surface area contributed by atoms with Crippen molar-refractivity contribution < 1.29 is 0 Å². The lowest BCUT2D eigenvalue weighted by Gasteiger charge is -2.31. The Morgan fingerprint density at radius 3 is 1.80 bits per heavy atom. The maximum atomic E-state index is 2.57. The summed E-state index contributed by atoms with van der Waals surface area (Å²) in [5.74, 6) is 0. The molecule has 0 aromatic heterocycles.